The lowest BCUT2D eigenvalue weighted by Crippen LogP contribution is -2.24. The summed E-state index contributed by atoms with van der Waals surface area (Å²) in [5.74, 6) is 0.454. The zero-order valence-corrected chi connectivity index (χ0v) is 18.3. The molecule has 3 heterocycles. The van der Waals surface area contributed by atoms with Crippen molar-refractivity contribution in [1.82, 2.24) is 30.0 Å². The van der Waals surface area contributed by atoms with Crippen molar-refractivity contribution in [3.8, 4) is 17.1 Å². The molecule has 1 aromatic carbocycles. The summed E-state index contributed by atoms with van der Waals surface area (Å²) in [6.07, 6.45) is 4.18. The predicted molar refractivity (Wildman–Crippen MR) is 119 cm³/mol. The van der Waals surface area contributed by atoms with Crippen LogP contribution in [0.15, 0.2) is 59.3 Å². The van der Waals surface area contributed by atoms with Gasteiger partial charge >= 0.3 is 0 Å². The highest BCUT2D eigenvalue weighted by Crippen LogP contribution is 2.31. The number of aromatic nitrogens is 5. The van der Waals surface area contributed by atoms with Crippen molar-refractivity contribution in [1.29, 1.82) is 0 Å². The second-order valence-corrected chi connectivity index (χ2v) is 8.39. The van der Waals surface area contributed by atoms with E-state index in [4.69, 9.17) is 0 Å². The number of carbonyl (C=O) groups is 1. The molecule has 0 saturated carbocycles. The lowest BCUT2D eigenvalue weighted by atomic mass is 10.2. The number of amides is 1. The smallest absolute Gasteiger partial charge is 0.270 e. The number of carbonyl (C=O) groups excluding carboxylic acids is 1. The molecule has 7 nitrogen and oxygen atoms in total. The molecule has 0 aliphatic carbocycles. The van der Waals surface area contributed by atoms with Crippen LogP contribution in [0.2, 0.25) is 0 Å². The quantitative estimate of drug-likeness (QED) is 0.398. The van der Waals surface area contributed by atoms with Gasteiger partial charge in [-0.3, -0.25) is 14.3 Å². The number of pyridine rings is 1. The lowest BCUT2D eigenvalue weighted by Gasteiger charge is -2.10. The largest absolute Gasteiger partial charge is 0.351 e. The number of nitrogens with one attached hydrogen (secondary N) is 1. The molecule has 3 aromatic heterocycles. The first kappa shape index (κ1) is 21.1. The molecule has 1 N–H and O–H groups in total. The summed E-state index contributed by atoms with van der Waals surface area (Å²) >= 11 is 2.79. The van der Waals surface area contributed by atoms with Crippen molar-refractivity contribution in [2.75, 3.05) is 6.54 Å². The van der Waals surface area contributed by atoms with Crippen molar-refractivity contribution in [2.45, 2.75) is 24.3 Å². The van der Waals surface area contributed by atoms with Crippen LogP contribution in [0, 0.1) is 5.82 Å². The van der Waals surface area contributed by atoms with Crippen LogP contribution in [0.3, 0.4) is 0 Å². The minimum Gasteiger partial charge on any atom is -0.351 e. The highest BCUT2D eigenvalue weighted by molar-refractivity contribution is 7.98. The molecule has 0 bridgehead atoms. The van der Waals surface area contributed by atoms with E-state index in [1.54, 1.807) is 52.7 Å². The monoisotopic (exact) mass is 454 g/mol. The standard InChI is InChI=1S/C21H19FN6OS2/c1-2-9-24-20(29)16-12-30-18(25-16)13-31-21-27-26-19(14-7-10-23-11-8-14)28(21)17-6-4-3-5-15(17)22/h3-8,10-12H,2,9,13H2,1H3,(H,24,29). The molecule has 0 saturated heterocycles. The van der Waals surface area contributed by atoms with Gasteiger partial charge in [0.25, 0.3) is 5.91 Å². The van der Waals surface area contributed by atoms with Gasteiger partial charge in [-0.15, -0.1) is 21.5 Å². The van der Waals surface area contributed by atoms with Gasteiger partial charge in [0.05, 0.1) is 11.4 Å². The van der Waals surface area contributed by atoms with Gasteiger partial charge in [0.1, 0.15) is 16.5 Å². The van der Waals surface area contributed by atoms with E-state index >= 15 is 0 Å². The third kappa shape index (κ3) is 4.80. The van der Waals surface area contributed by atoms with Crippen LogP contribution in [0.5, 0.6) is 0 Å². The van der Waals surface area contributed by atoms with Gasteiger partial charge in [-0.05, 0) is 30.7 Å². The maximum atomic E-state index is 14.6. The van der Waals surface area contributed by atoms with E-state index in [0.29, 0.717) is 34.7 Å². The van der Waals surface area contributed by atoms with Gasteiger partial charge in [0.15, 0.2) is 11.0 Å². The van der Waals surface area contributed by atoms with Crippen LogP contribution >= 0.6 is 23.1 Å². The Bertz CT molecular complexity index is 1180. The number of rotatable bonds is 8. The fourth-order valence-corrected chi connectivity index (χ4v) is 4.58. The number of benzene rings is 1. The van der Waals surface area contributed by atoms with E-state index in [1.165, 1.54) is 29.2 Å². The normalized spacial score (nSPS) is 10.9. The van der Waals surface area contributed by atoms with E-state index in [-0.39, 0.29) is 11.7 Å². The lowest BCUT2D eigenvalue weighted by molar-refractivity contribution is 0.0949. The van der Waals surface area contributed by atoms with E-state index in [0.717, 1.165) is 17.0 Å². The summed E-state index contributed by atoms with van der Waals surface area (Å²) < 4.78 is 16.3. The molecule has 4 rings (SSSR count). The zero-order chi connectivity index (χ0) is 21.6. The number of thioether (sulfide) groups is 1. The summed E-state index contributed by atoms with van der Waals surface area (Å²) in [7, 11) is 0. The molecule has 0 aliphatic rings. The van der Waals surface area contributed by atoms with Gasteiger partial charge in [-0.2, -0.15) is 0 Å². The van der Waals surface area contributed by atoms with Crippen molar-refractivity contribution >= 4 is 29.0 Å². The molecule has 31 heavy (non-hydrogen) atoms. The topological polar surface area (TPSA) is 85.6 Å². The molecule has 0 fully saturated rings. The fraction of sp³-hybridized carbons (Fsp3) is 0.190. The third-order valence-corrected chi connectivity index (χ3v) is 6.28. The molecule has 0 unspecified atom stereocenters. The van der Waals surface area contributed by atoms with Crippen LogP contribution in [0.4, 0.5) is 4.39 Å². The molecule has 10 heteroatoms. The maximum absolute atomic E-state index is 14.6. The van der Waals surface area contributed by atoms with Crippen LogP contribution in [-0.4, -0.2) is 37.2 Å². The number of thiazole rings is 1. The van der Waals surface area contributed by atoms with Crippen LogP contribution in [-0.2, 0) is 5.75 Å². The first-order valence-corrected chi connectivity index (χ1v) is 11.5. The van der Waals surface area contributed by atoms with Crippen molar-refractivity contribution in [2.24, 2.45) is 0 Å². The first-order valence-electron chi connectivity index (χ1n) is 9.63. The summed E-state index contributed by atoms with van der Waals surface area (Å²) in [4.78, 5) is 20.5. The minimum absolute atomic E-state index is 0.177. The Morgan fingerprint density at radius 1 is 1.19 bits per heavy atom. The van der Waals surface area contributed by atoms with Crippen LogP contribution < -0.4 is 5.32 Å². The molecule has 1 amide bonds. The second-order valence-electron chi connectivity index (χ2n) is 6.50. The number of para-hydroxylation sites is 1. The van der Waals surface area contributed by atoms with E-state index in [1.807, 2.05) is 6.92 Å². The number of hydrogen-bond donors (Lipinski definition) is 1. The highest BCUT2D eigenvalue weighted by Gasteiger charge is 2.19. The molecule has 0 radical (unpaired) electrons. The Balaban J connectivity index is 1.61. The molecular formula is C21H19FN6OS2. The predicted octanol–water partition coefficient (Wildman–Crippen LogP) is 4.36. The van der Waals surface area contributed by atoms with Crippen LogP contribution in [0.1, 0.15) is 28.8 Å². The minimum atomic E-state index is -0.372. The average Bonchev–Trinajstić information content (AvgIpc) is 3.44. The van der Waals surface area contributed by atoms with Crippen molar-refractivity contribution < 1.29 is 9.18 Å². The summed E-state index contributed by atoms with van der Waals surface area (Å²) in [5, 5.41) is 14.5. The van der Waals surface area contributed by atoms with Gasteiger partial charge in [-0.1, -0.05) is 30.8 Å². The van der Waals surface area contributed by atoms with Gasteiger partial charge in [0.2, 0.25) is 0 Å². The molecule has 0 spiro atoms. The van der Waals surface area contributed by atoms with Crippen molar-refractivity contribution in [3.63, 3.8) is 0 Å². The first-order chi connectivity index (χ1) is 15.2. The Morgan fingerprint density at radius 2 is 2.00 bits per heavy atom. The molecule has 158 valence electrons. The SMILES string of the molecule is CCCNC(=O)c1csc(CSc2nnc(-c3ccncc3)n2-c2ccccc2F)n1. The number of hydrogen-bond acceptors (Lipinski definition) is 7. The summed E-state index contributed by atoms with van der Waals surface area (Å²) in [6, 6.07) is 10.1. The van der Waals surface area contributed by atoms with Crippen LogP contribution in [0.25, 0.3) is 17.1 Å². The molecule has 4 aromatic rings. The van der Waals surface area contributed by atoms with E-state index in [2.05, 4.69) is 25.5 Å². The Kier molecular flexibility index (Phi) is 6.68. The Labute approximate surface area is 186 Å². The highest BCUT2D eigenvalue weighted by atomic mass is 32.2. The van der Waals surface area contributed by atoms with Gasteiger partial charge in [0, 0.05) is 29.9 Å². The number of nitrogens with zero attached hydrogens (tertiary/aromatic N) is 5. The van der Waals surface area contributed by atoms with Crippen molar-refractivity contribution in [3.05, 3.63) is 70.7 Å². The number of halogens is 1. The zero-order valence-electron chi connectivity index (χ0n) is 16.7. The van der Waals surface area contributed by atoms with Gasteiger partial charge < -0.3 is 5.32 Å². The second kappa shape index (κ2) is 9.80. The van der Waals surface area contributed by atoms with Gasteiger partial charge in [-0.25, -0.2) is 9.37 Å². The van der Waals surface area contributed by atoms with E-state index < -0.39 is 0 Å². The summed E-state index contributed by atoms with van der Waals surface area (Å²) in [6.45, 7) is 2.61. The Morgan fingerprint density at radius 3 is 2.77 bits per heavy atom. The average molecular weight is 455 g/mol. The molecule has 0 aliphatic heterocycles. The van der Waals surface area contributed by atoms with E-state index in [9.17, 15) is 9.18 Å². The molecule has 0 atom stereocenters. The third-order valence-electron chi connectivity index (χ3n) is 4.31. The molecular weight excluding hydrogens is 435 g/mol. The maximum Gasteiger partial charge on any atom is 0.270 e. The Hall–Kier alpha value is -3.11. The summed E-state index contributed by atoms with van der Waals surface area (Å²) in [5.41, 5.74) is 1.55. The fourth-order valence-electron chi connectivity index (χ4n) is 2.84.